The van der Waals surface area contributed by atoms with E-state index >= 15 is 0 Å². The number of aromatic nitrogens is 1. The minimum Gasteiger partial charge on any atom is -0.379 e. The van der Waals surface area contributed by atoms with Crippen molar-refractivity contribution in [1.29, 1.82) is 0 Å². The zero-order valence-electron chi connectivity index (χ0n) is 18.3. The Kier molecular flexibility index (Phi) is 8.70. The average molecular weight is 418 g/mol. The number of nitrogens with zero attached hydrogens (tertiary/aromatic N) is 6. The van der Waals surface area contributed by atoms with Crippen molar-refractivity contribution < 1.29 is 9.53 Å². The van der Waals surface area contributed by atoms with Crippen LogP contribution < -0.4 is 10.2 Å². The first kappa shape index (κ1) is 22.3. The Balaban J connectivity index is 1.51. The highest BCUT2D eigenvalue weighted by molar-refractivity contribution is 5.85. The number of ether oxygens (including phenoxy) is 1. The minimum absolute atomic E-state index is 0.00902. The Morgan fingerprint density at radius 1 is 1.17 bits per heavy atom. The van der Waals surface area contributed by atoms with Crippen LogP contribution in [0.15, 0.2) is 29.4 Å². The number of piperazine rings is 1. The number of hydrogen-bond acceptors (Lipinski definition) is 6. The summed E-state index contributed by atoms with van der Waals surface area (Å²) in [5.41, 5.74) is 0. The number of rotatable bonds is 7. The van der Waals surface area contributed by atoms with Gasteiger partial charge >= 0.3 is 0 Å². The molecule has 0 saturated carbocycles. The van der Waals surface area contributed by atoms with E-state index in [2.05, 4.69) is 30.0 Å². The van der Waals surface area contributed by atoms with Gasteiger partial charge in [0.15, 0.2) is 5.96 Å². The maximum absolute atomic E-state index is 12.0. The Bertz CT molecular complexity index is 669. The van der Waals surface area contributed by atoms with Gasteiger partial charge in [0.25, 0.3) is 0 Å². The average Bonchev–Trinajstić information content (AvgIpc) is 2.79. The van der Waals surface area contributed by atoms with Crippen LogP contribution in [-0.2, 0) is 9.53 Å². The summed E-state index contributed by atoms with van der Waals surface area (Å²) in [5, 5.41) is 3.49. The topological polar surface area (TPSA) is 76.5 Å². The first-order valence-electron chi connectivity index (χ1n) is 10.8. The molecular weight excluding hydrogens is 382 g/mol. The second-order valence-corrected chi connectivity index (χ2v) is 7.82. The molecule has 0 atom stereocenters. The lowest BCUT2D eigenvalue weighted by Gasteiger charge is -2.37. The van der Waals surface area contributed by atoms with Crippen LogP contribution in [0.1, 0.15) is 6.42 Å². The molecule has 0 unspecified atom stereocenters. The molecule has 0 spiro atoms. The Hall–Kier alpha value is -2.39. The summed E-state index contributed by atoms with van der Waals surface area (Å²) in [4.78, 5) is 29.7. The van der Waals surface area contributed by atoms with E-state index in [1.807, 2.05) is 24.4 Å². The first-order valence-corrected chi connectivity index (χ1v) is 10.8. The summed E-state index contributed by atoms with van der Waals surface area (Å²) in [5.74, 6) is 1.85. The van der Waals surface area contributed by atoms with Gasteiger partial charge in [-0.2, -0.15) is 0 Å². The number of carbonyl (C=O) groups excluding carboxylic acids is 1. The van der Waals surface area contributed by atoms with E-state index in [4.69, 9.17) is 4.74 Å². The van der Waals surface area contributed by atoms with Crippen LogP contribution in [0.2, 0.25) is 0 Å². The van der Waals surface area contributed by atoms with Gasteiger partial charge in [-0.05, 0) is 25.1 Å². The molecule has 2 aliphatic heterocycles. The SMILES string of the molecule is CN(C)C(=O)CN=C(NCCCN1CCOCC1)N1CCN(c2ccccn2)CC1. The third-order valence-corrected chi connectivity index (χ3v) is 5.45. The van der Waals surface area contributed by atoms with Gasteiger partial charge in [0, 0.05) is 66.1 Å². The Morgan fingerprint density at radius 3 is 2.60 bits per heavy atom. The molecular formula is C21H35N7O2. The van der Waals surface area contributed by atoms with Crippen LogP contribution in [0.5, 0.6) is 0 Å². The van der Waals surface area contributed by atoms with E-state index < -0.39 is 0 Å². The maximum Gasteiger partial charge on any atom is 0.243 e. The third-order valence-electron chi connectivity index (χ3n) is 5.45. The van der Waals surface area contributed by atoms with Crippen molar-refractivity contribution in [3.05, 3.63) is 24.4 Å². The van der Waals surface area contributed by atoms with Gasteiger partial charge in [-0.1, -0.05) is 6.07 Å². The number of carbonyl (C=O) groups is 1. The van der Waals surface area contributed by atoms with Gasteiger partial charge in [0.2, 0.25) is 5.91 Å². The number of morpholine rings is 1. The van der Waals surface area contributed by atoms with E-state index in [1.165, 1.54) is 0 Å². The van der Waals surface area contributed by atoms with Gasteiger partial charge in [-0.15, -0.1) is 0 Å². The van der Waals surface area contributed by atoms with Gasteiger partial charge in [0.1, 0.15) is 12.4 Å². The molecule has 3 heterocycles. The molecule has 1 aromatic rings. The van der Waals surface area contributed by atoms with E-state index in [0.717, 1.165) is 83.8 Å². The van der Waals surface area contributed by atoms with Gasteiger partial charge in [-0.3, -0.25) is 9.69 Å². The number of guanidine groups is 1. The number of likely N-dealkylation sites (N-methyl/N-ethyl adjacent to an activating group) is 1. The number of aliphatic imine (C=N–C) groups is 1. The monoisotopic (exact) mass is 417 g/mol. The predicted octanol–water partition coefficient (Wildman–Crippen LogP) is -0.0403. The molecule has 1 aromatic heterocycles. The summed E-state index contributed by atoms with van der Waals surface area (Å²) >= 11 is 0. The number of anilines is 1. The zero-order chi connectivity index (χ0) is 21.2. The highest BCUT2D eigenvalue weighted by Crippen LogP contribution is 2.12. The number of amides is 1. The second kappa shape index (κ2) is 11.7. The molecule has 0 aliphatic carbocycles. The minimum atomic E-state index is 0.00902. The highest BCUT2D eigenvalue weighted by atomic mass is 16.5. The Labute approximate surface area is 179 Å². The van der Waals surface area contributed by atoms with E-state index in [0.29, 0.717) is 0 Å². The Morgan fingerprint density at radius 2 is 1.93 bits per heavy atom. The van der Waals surface area contributed by atoms with E-state index in [-0.39, 0.29) is 12.5 Å². The van der Waals surface area contributed by atoms with Crippen LogP contribution in [0.3, 0.4) is 0 Å². The molecule has 166 valence electrons. The molecule has 9 heteroatoms. The fourth-order valence-corrected chi connectivity index (χ4v) is 3.57. The molecule has 0 bridgehead atoms. The molecule has 3 rings (SSSR count). The van der Waals surface area contributed by atoms with Crippen LogP contribution in [0, 0.1) is 0 Å². The van der Waals surface area contributed by atoms with Gasteiger partial charge < -0.3 is 24.8 Å². The highest BCUT2D eigenvalue weighted by Gasteiger charge is 2.21. The molecule has 2 aliphatic rings. The molecule has 0 radical (unpaired) electrons. The quantitative estimate of drug-likeness (QED) is 0.379. The van der Waals surface area contributed by atoms with Crippen molar-refractivity contribution in [2.45, 2.75) is 6.42 Å². The number of nitrogens with one attached hydrogen (secondary N) is 1. The number of pyridine rings is 1. The van der Waals surface area contributed by atoms with Crippen molar-refractivity contribution in [2.75, 3.05) is 91.1 Å². The van der Waals surface area contributed by atoms with Gasteiger partial charge in [-0.25, -0.2) is 9.98 Å². The molecule has 30 heavy (non-hydrogen) atoms. The normalized spacial score (nSPS) is 18.4. The molecule has 1 N–H and O–H groups in total. The lowest BCUT2D eigenvalue weighted by Crippen LogP contribution is -2.53. The van der Waals surface area contributed by atoms with E-state index in [1.54, 1.807) is 19.0 Å². The van der Waals surface area contributed by atoms with Crippen molar-refractivity contribution in [3.63, 3.8) is 0 Å². The molecule has 2 saturated heterocycles. The second-order valence-electron chi connectivity index (χ2n) is 7.82. The molecule has 1 amide bonds. The smallest absolute Gasteiger partial charge is 0.243 e. The lowest BCUT2D eigenvalue weighted by atomic mass is 10.3. The van der Waals surface area contributed by atoms with Crippen LogP contribution in [0.25, 0.3) is 0 Å². The standard InChI is InChI=1S/C21H35N7O2/c1-25(2)20(29)18-24-21(23-8-5-9-26-14-16-30-17-15-26)28-12-10-27(11-13-28)19-6-3-4-7-22-19/h3-4,6-7H,5,8-18H2,1-2H3,(H,23,24). The summed E-state index contributed by atoms with van der Waals surface area (Å²) in [6, 6.07) is 6.00. The summed E-state index contributed by atoms with van der Waals surface area (Å²) in [6.07, 6.45) is 2.87. The van der Waals surface area contributed by atoms with Crippen molar-refractivity contribution in [3.8, 4) is 0 Å². The molecule has 9 nitrogen and oxygen atoms in total. The fraction of sp³-hybridized carbons (Fsp3) is 0.667. The molecule has 2 fully saturated rings. The van der Waals surface area contributed by atoms with Crippen molar-refractivity contribution in [1.82, 2.24) is 25.0 Å². The fourth-order valence-electron chi connectivity index (χ4n) is 3.57. The summed E-state index contributed by atoms with van der Waals surface area (Å²) < 4.78 is 5.41. The zero-order valence-corrected chi connectivity index (χ0v) is 18.3. The van der Waals surface area contributed by atoms with E-state index in [9.17, 15) is 4.79 Å². The van der Waals surface area contributed by atoms with Crippen LogP contribution in [0.4, 0.5) is 5.82 Å². The van der Waals surface area contributed by atoms with Crippen molar-refractivity contribution >= 4 is 17.7 Å². The van der Waals surface area contributed by atoms with Gasteiger partial charge in [0.05, 0.1) is 13.2 Å². The predicted molar refractivity (Wildman–Crippen MR) is 119 cm³/mol. The summed E-state index contributed by atoms with van der Waals surface area (Å²) in [7, 11) is 3.53. The first-order chi connectivity index (χ1) is 14.6. The van der Waals surface area contributed by atoms with Crippen LogP contribution in [-0.4, -0.2) is 118 Å². The largest absolute Gasteiger partial charge is 0.379 e. The third kappa shape index (κ3) is 6.84. The number of hydrogen-bond donors (Lipinski definition) is 1. The molecule has 0 aromatic carbocycles. The van der Waals surface area contributed by atoms with Crippen molar-refractivity contribution in [2.24, 2.45) is 4.99 Å². The lowest BCUT2D eigenvalue weighted by molar-refractivity contribution is -0.127. The maximum atomic E-state index is 12.0. The summed E-state index contributed by atoms with van der Waals surface area (Å²) in [6.45, 7) is 9.19. The van der Waals surface area contributed by atoms with Crippen LogP contribution >= 0.6 is 0 Å².